The van der Waals surface area contributed by atoms with Gasteiger partial charge < -0.3 is 15.1 Å². The summed E-state index contributed by atoms with van der Waals surface area (Å²) in [5, 5.41) is 3.45. The van der Waals surface area contributed by atoms with E-state index in [-0.39, 0.29) is 11.8 Å². The van der Waals surface area contributed by atoms with Crippen molar-refractivity contribution in [1.82, 2.24) is 9.80 Å². The number of amides is 3. The van der Waals surface area contributed by atoms with Gasteiger partial charge in [-0.05, 0) is 32.0 Å². The summed E-state index contributed by atoms with van der Waals surface area (Å²) in [5.74, 6) is -0.762. The van der Waals surface area contributed by atoms with Crippen molar-refractivity contribution in [1.29, 1.82) is 0 Å². The summed E-state index contributed by atoms with van der Waals surface area (Å²) in [5.41, 5.74) is -0.911. The van der Waals surface area contributed by atoms with Gasteiger partial charge in [-0.1, -0.05) is 23.2 Å². The third-order valence-electron chi connectivity index (χ3n) is 4.29. The van der Waals surface area contributed by atoms with Gasteiger partial charge in [-0.25, -0.2) is 0 Å². The fourth-order valence-corrected chi connectivity index (χ4v) is 2.93. The molecule has 1 saturated heterocycles. The van der Waals surface area contributed by atoms with Gasteiger partial charge in [0.25, 0.3) is 0 Å². The van der Waals surface area contributed by atoms with E-state index in [9.17, 15) is 14.4 Å². The van der Waals surface area contributed by atoms with Crippen LogP contribution in [-0.2, 0) is 14.4 Å². The van der Waals surface area contributed by atoms with Gasteiger partial charge in [-0.3, -0.25) is 14.4 Å². The molecule has 1 aliphatic heterocycles. The molecule has 0 saturated carbocycles. The molecule has 0 unspecified atom stereocenters. The molecule has 2 rings (SSSR count). The van der Waals surface area contributed by atoms with Crippen LogP contribution in [0.15, 0.2) is 18.2 Å². The number of nitrogens with zero attached hydrogens (tertiary/aromatic N) is 2. The summed E-state index contributed by atoms with van der Waals surface area (Å²) in [7, 11) is 0. The summed E-state index contributed by atoms with van der Waals surface area (Å²) >= 11 is 12.0. The van der Waals surface area contributed by atoms with Crippen LogP contribution >= 0.6 is 23.2 Å². The molecule has 3 amide bonds. The number of hydrogen-bond donors (Lipinski definition) is 1. The molecule has 6 nitrogen and oxygen atoms in total. The Hall–Kier alpha value is -1.79. The Morgan fingerprint density at radius 1 is 1.04 bits per heavy atom. The second kappa shape index (κ2) is 7.62. The lowest BCUT2D eigenvalue weighted by Crippen LogP contribution is -2.55. The molecule has 0 aromatic heterocycles. The third-order valence-corrected chi connectivity index (χ3v) is 4.86. The van der Waals surface area contributed by atoms with E-state index < -0.39 is 11.3 Å². The van der Waals surface area contributed by atoms with Gasteiger partial charge in [0.2, 0.25) is 17.7 Å². The highest BCUT2D eigenvalue weighted by atomic mass is 35.5. The van der Waals surface area contributed by atoms with E-state index in [4.69, 9.17) is 23.2 Å². The SMILES string of the molecule is CC(=O)N1CCN(C(=O)C(C)(C)C(=O)Nc2cc(Cl)ccc2Cl)CC1. The molecule has 1 aromatic carbocycles. The Morgan fingerprint density at radius 3 is 2.16 bits per heavy atom. The number of piperazine rings is 1. The summed E-state index contributed by atoms with van der Waals surface area (Å²) in [4.78, 5) is 40.1. The number of nitrogens with one attached hydrogen (secondary N) is 1. The average molecular weight is 386 g/mol. The van der Waals surface area contributed by atoms with Crippen molar-refractivity contribution in [3.05, 3.63) is 28.2 Å². The van der Waals surface area contributed by atoms with Crippen LogP contribution in [0, 0.1) is 5.41 Å². The number of carbonyl (C=O) groups excluding carboxylic acids is 3. The Morgan fingerprint density at radius 2 is 1.60 bits per heavy atom. The van der Waals surface area contributed by atoms with Crippen molar-refractivity contribution < 1.29 is 14.4 Å². The fraction of sp³-hybridized carbons (Fsp3) is 0.471. The van der Waals surface area contributed by atoms with Gasteiger partial charge in [0.15, 0.2) is 0 Å². The van der Waals surface area contributed by atoms with E-state index in [0.29, 0.717) is 41.9 Å². The summed E-state index contributed by atoms with van der Waals surface area (Å²) in [6.45, 7) is 6.41. The van der Waals surface area contributed by atoms with Crippen LogP contribution in [0.4, 0.5) is 5.69 Å². The first-order valence-corrected chi connectivity index (χ1v) is 8.70. The highest BCUT2D eigenvalue weighted by molar-refractivity contribution is 6.35. The van der Waals surface area contributed by atoms with Crippen molar-refractivity contribution in [2.24, 2.45) is 5.41 Å². The minimum Gasteiger partial charge on any atom is -0.339 e. The molecule has 0 aliphatic carbocycles. The van der Waals surface area contributed by atoms with Crippen LogP contribution in [0.3, 0.4) is 0 Å². The van der Waals surface area contributed by atoms with Crippen LogP contribution in [0.25, 0.3) is 0 Å². The van der Waals surface area contributed by atoms with Gasteiger partial charge in [0, 0.05) is 38.1 Å². The largest absolute Gasteiger partial charge is 0.339 e. The molecule has 1 aromatic rings. The van der Waals surface area contributed by atoms with Crippen molar-refractivity contribution >= 4 is 46.6 Å². The average Bonchev–Trinajstić information content (AvgIpc) is 2.57. The van der Waals surface area contributed by atoms with E-state index in [1.54, 1.807) is 35.8 Å². The van der Waals surface area contributed by atoms with E-state index in [2.05, 4.69) is 5.32 Å². The molecule has 1 heterocycles. The molecule has 0 atom stereocenters. The number of hydrogen-bond acceptors (Lipinski definition) is 3. The van der Waals surface area contributed by atoms with Crippen LogP contribution in [0.1, 0.15) is 20.8 Å². The highest BCUT2D eigenvalue weighted by Gasteiger charge is 2.40. The van der Waals surface area contributed by atoms with Crippen molar-refractivity contribution in [2.45, 2.75) is 20.8 Å². The predicted octanol–water partition coefficient (Wildman–Crippen LogP) is 2.65. The van der Waals surface area contributed by atoms with Crippen LogP contribution in [0.5, 0.6) is 0 Å². The van der Waals surface area contributed by atoms with E-state index in [1.165, 1.54) is 13.0 Å². The first-order chi connectivity index (χ1) is 11.6. The van der Waals surface area contributed by atoms with Crippen molar-refractivity contribution in [3.8, 4) is 0 Å². The monoisotopic (exact) mass is 385 g/mol. The zero-order valence-corrected chi connectivity index (χ0v) is 15.9. The lowest BCUT2D eigenvalue weighted by atomic mass is 9.89. The molecular formula is C17H21Cl2N3O3. The van der Waals surface area contributed by atoms with Gasteiger partial charge in [0.1, 0.15) is 5.41 Å². The smallest absolute Gasteiger partial charge is 0.239 e. The maximum absolute atomic E-state index is 12.8. The Balaban J connectivity index is 2.06. The first kappa shape index (κ1) is 19.5. The van der Waals surface area contributed by atoms with Gasteiger partial charge in [0.05, 0.1) is 10.7 Å². The molecule has 25 heavy (non-hydrogen) atoms. The number of benzene rings is 1. The minimum absolute atomic E-state index is 0.0142. The number of carbonyl (C=O) groups is 3. The van der Waals surface area contributed by atoms with E-state index in [1.807, 2.05) is 0 Å². The summed E-state index contributed by atoms with van der Waals surface area (Å²) in [6, 6.07) is 4.73. The van der Waals surface area contributed by atoms with Gasteiger partial charge in [-0.15, -0.1) is 0 Å². The molecular weight excluding hydrogens is 365 g/mol. The van der Waals surface area contributed by atoms with Crippen molar-refractivity contribution in [2.75, 3.05) is 31.5 Å². The Labute approximate surface area is 157 Å². The Kier molecular flexibility index (Phi) is 5.95. The maximum atomic E-state index is 12.8. The highest BCUT2D eigenvalue weighted by Crippen LogP contribution is 2.28. The number of halogens is 2. The predicted molar refractivity (Wildman–Crippen MR) is 97.7 cm³/mol. The maximum Gasteiger partial charge on any atom is 0.239 e. The fourth-order valence-electron chi connectivity index (χ4n) is 2.59. The zero-order chi connectivity index (χ0) is 18.8. The second-order valence-corrected chi connectivity index (χ2v) is 7.35. The molecule has 0 spiro atoms. The standard InChI is InChI=1S/C17H21Cl2N3O3/c1-11(23)21-6-8-22(9-7-21)16(25)17(2,3)15(24)20-14-10-12(18)4-5-13(14)19/h4-5,10H,6-9H2,1-3H3,(H,20,24). The van der Waals surface area contributed by atoms with E-state index in [0.717, 1.165) is 0 Å². The molecule has 136 valence electrons. The van der Waals surface area contributed by atoms with Crippen LogP contribution in [0.2, 0.25) is 10.0 Å². The molecule has 1 fully saturated rings. The Bertz CT molecular complexity index is 698. The molecule has 8 heteroatoms. The molecule has 0 radical (unpaired) electrons. The third kappa shape index (κ3) is 4.44. The number of rotatable bonds is 3. The molecule has 1 N–H and O–H groups in total. The van der Waals surface area contributed by atoms with E-state index >= 15 is 0 Å². The topological polar surface area (TPSA) is 69.7 Å². The minimum atomic E-state index is -1.27. The van der Waals surface area contributed by atoms with Crippen LogP contribution in [-0.4, -0.2) is 53.7 Å². The molecule has 1 aliphatic rings. The zero-order valence-electron chi connectivity index (χ0n) is 14.4. The van der Waals surface area contributed by atoms with Gasteiger partial charge in [-0.2, -0.15) is 0 Å². The van der Waals surface area contributed by atoms with Crippen LogP contribution < -0.4 is 5.32 Å². The number of anilines is 1. The normalized spacial score (nSPS) is 15.1. The summed E-state index contributed by atoms with van der Waals surface area (Å²) < 4.78 is 0. The summed E-state index contributed by atoms with van der Waals surface area (Å²) in [6.07, 6.45) is 0. The molecule has 0 bridgehead atoms. The lowest BCUT2D eigenvalue weighted by Gasteiger charge is -2.37. The lowest BCUT2D eigenvalue weighted by molar-refractivity contribution is -0.149. The van der Waals surface area contributed by atoms with Gasteiger partial charge >= 0.3 is 0 Å². The van der Waals surface area contributed by atoms with Crippen molar-refractivity contribution in [3.63, 3.8) is 0 Å². The second-order valence-electron chi connectivity index (χ2n) is 6.50. The quantitative estimate of drug-likeness (QED) is 0.812. The first-order valence-electron chi connectivity index (χ1n) is 7.94.